The number of aromatic nitrogens is 5. The summed E-state index contributed by atoms with van der Waals surface area (Å²) in [5, 5.41) is 17.6. The molecule has 32 heavy (non-hydrogen) atoms. The fourth-order valence-electron chi connectivity index (χ4n) is 3.97. The van der Waals surface area contributed by atoms with Crippen molar-refractivity contribution in [3.05, 3.63) is 30.1 Å². The molecular formula is C22H29N7O3. The Morgan fingerprint density at radius 1 is 1.31 bits per heavy atom. The van der Waals surface area contributed by atoms with Crippen molar-refractivity contribution in [3.8, 4) is 0 Å². The van der Waals surface area contributed by atoms with Gasteiger partial charge in [0, 0.05) is 25.9 Å². The second-order valence-corrected chi connectivity index (χ2v) is 7.75. The van der Waals surface area contributed by atoms with Crippen molar-refractivity contribution in [2.24, 2.45) is 5.92 Å². The minimum Gasteiger partial charge on any atom is -0.481 e. The first-order valence-corrected chi connectivity index (χ1v) is 11.1. The van der Waals surface area contributed by atoms with Crippen molar-refractivity contribution in [2.75, 3.05) is 36.5 Å². The molecule has 0 spiro atoms. The van der Waals surface area contributed by atoms with E-state index < -0.39 is 11.9 Å². The quantitative estimate of drug-likeness (QED) is 0.485. The number of carboxylic acids is 1. The number of nitrogens with zero attached hydrogens (tertiary/aromatic N) is 6. The van der Waals surface area contributed by atoms with Gasteiger partial charge in [-0.2, -0.15) is 10.1 Å². The van der Waals surface area contributed by atoms with Gasteiger partial charge in [-0.3, -0.25) is 9.48 Å². The zero-order chi connectivity index (χ0) is 22.5. The second kappa shape index (κ2) is 9.90. The Bertz CT molecular complexity index is 1070. The van der Waals surface area contributed by atoms with E-state index in [2.05, 4.69) is 10.3 Å². The first kappa shape index (κ1) is 21.9. The van der Waals surface area contributed by atoms with Crippen LogP contribution >= 0.6 is 0 Å². The third kappa shape index (κ3) is 4.64. The van der Waals surface area contributed by atoms with Crippen LogP contribution in [0, 0.1) is 5.92 Å². The molecule has 0 amide bonds. The molecule has 2 N–H and O–H groups in total. The Balaban J connectivity index is 1.79. The molecule has 0 unspecified atom stereocenters. The van der Waals surface area contributed by atoms with Crippen LogP contribution in [0.2, 0.25) is 0 Å². The molecule has 170 valence electrons. The van der Waals surface area contributed by atoms with Crippen molar-refractivity contribution in [1.29, 1.82) is 0 Å². The highest BCUT2D eigenvalue weighted by Gasteiger charge is 2.28. The van der Waals surface area contributed by atoms with Gasteiger partial charge in [0.25, 0.3) is 0 Å². The first-order chi connectivity index (χ1) is 15.6. The average molecular weight is 440 g/mol. The SMILES string of the molecule is CCOCCn1nc(CC)c2nc(N3CCC[C@@H](C(=O)O)C3)nc(Nc3ccccn3)c21. The van der Waals surface area contributed by atoms with E-state index in [1.54, 1.807) is 6.20 Å². The summed E-state index contributed by atoms with van der Waals surface area (Å²) in [5.41, 5.74) is 2.43. The van der Waals surface area contributed by atoms with Gasteiger partial charge in [0.15, 0.2) is 5.82 Å². The van der Waals surface area contributed by atoms with Crippen LogP contribution in [0.3, 0.4) is 0 Å². The average Bonchev–Trinajstić information content (AvgIpc) is 3.18. The Hall–Kier alpha value is -3.27. The summed E-state index contributed by atoms with van der Waals surface area (Å²) in [6, 6.07) is 5.63. The van der Waals surface area contributed by atoms with Gasteiger partial charge in [0.1, 0.15) is 16.9 Å². The van der Waals surface area contributed by atoms with Gasteiger partial charge in [-0.15, -0.1) is 0 Å². The van der Waals surface area contributed by atoms with Crippen LogP contribution in [0.1, 0.15) is 32.4 Å². The molecule has 1 fully saturated rings. The molecule has 4 heterocycles. The molecule has 3 aromatic rings. The zero-order valence-electron chi connectivity index (χ0n) is 18.5. The van der Waals surface area contributed by atoms with E-state index in [1.165, 1.54) is 0 Å². The number of ether oxygens (including phenoxy) is 1. The molecule has 0 saturated carbocycles. The predicted octanol–water partition coefficient (Wildman–Crippen LogP) is 2.86. The molecule has 10 nitrogen and oxygen atoms in total. The van der Waals surface area contributed by atoms with Gasteiger partial charge in [-0.25, -0.2) is 9.97 Å². The molecular weight excluding hydrogens is 410 g/mol. The molecule has 10 heteroatoms. The van der Waals surface area contributed by atoms with E-state index in [4.69, 9.17) is 19.8 Å². The van der Waals surface area contributed by atoms with Gasteiger partial charge in [0.2, 0.25) is 5.95 Å². The van der Waals surface area contributed by atoms with Crippen molar-refractivity contribution in [3.63, 3.8) is 0 Å². The number of aliphatic carboxylic acids is 1. The molecule has 1 aliphatic rings. The van der Waals surface area contributed by atoms with Gasteiger partial charge in [0.05, 0.1) is 24.8 Å². The van der Waals surface area contributed by atoms with Gasteiger partial charge in [-0.1, -0.05) is 13.0 Å². The lowest BCUT2D eigenvalue weighted by atomic mass is 9.99. The largest absolute Gasteiger partial charge is 0.481 e. The first-order valence-electron chi connectivity index (χ1n) is 11.1. The van der Waals surface area contributed by atoms with Crippen LogP contribution in [-0.4, -0.2) is 62.1 Å². The predicted molar refractivity (Wildman–Crippen MR) is 121 cm³/mol. The zero-order valence-corrected chi connectivity index (χ0v) is 18.5. The Morgan fingerprint density at radius 2 is 2.19 bits per heavy atom. The summed E-state index contributed by atoms with van der Waals surface area (Å²) in [7, 11) is 0. The Labute approximate surface area is 186 Å². The van der Waals surface area contributed by atoms with Crippen molar-refractivity contribution < 1.29 is 14.6 Å². The molecule has 1 saturated heterocycles. The summed E-state index contributed by atoms with van der Waals surface area (Å²) in [6.45, 7) is 6.87. The van der Waals surface area contributed by atoms with Crippen LogP contribution < -0.4 is 10.2 Å². The number of carboxylic acid groups (broad SMARTS) is 1. The topological polar surface area (TPSA) is 118 Å². The van der Waals surface area contributed by atoms with E-state index in [9.17, 15) is 9.90 Å². The number of aryl methyl sites for hydroxylation is 1. The molecule has 1 atom stereocenters. The second-order valence-electron chi connectivity index (χ2n) is 7.75. The maximum absolute atomic E-state index is 11.6. The number of hydrogen-bond donors (Lipinski definition) is 2. The Morgan fingerprint density at radius 3 is 2.91 bits per heavy atom. The highest BCUT2D eigenvalue weighted by atomic mass is 16.5. The fraction of sp³-hybridized carbons (Fsp3) is 0.500. The number of hydrogen-bond acceptors (Lipinski definition) is 8. The Kier molecular flexibility index (Phi) is 6.79. The molecule has 4 rings (SSSR count). The number of rotatable bonds is 9. The van der Waals surface area contributed by atoms with E-state index in [-0.39, 0.29) is 0 Å². The number of nitrogens with one attached hydrogen (secondary N) is 1. The van der Waals surface area contributed by atoms with Crippen LogP contribution in [-0.2, 0) is 22.5 Å². The molecule has 0 radical (unpaired) electrons. The van der Waals surface area contributed by atoms with Crippen LogP contribution in [0.5, 0.6) is 0 Å². The minimum atomic E-state index is -0.777. The monoisotopic (exact) mass is 439 g/mol. The molecule has 0 bridgehead atoms. The van der Waals surface area contributed by atoms with Crippen LogP contribution in [0.25, 0.3) is 11.0 Å². The molecule has 1 aliphatic heterocycles. The summed E-state index contributed by atoms with van der Waals surface area (Å²) >= 11 is 0. The van der Waals surface area contributed by atoms with E-state index in [0.717, 1.165) is 36.1 Å². The van der Waals surface area contributed by atoms with E-state index in [0.29, 0.717) is 50.3 Å². The lowest BCUT2D eigenvalue weighted by molar-refractivity contribution is -0.141. The maximum atomic E-state index is 11.6. The number of pyridine rings is 1. The van der Waals surface area contributed by atoms with Crippen molar-refractivity contribution in [1.82, 2.24) is 24.7 Å². The van der Waals surface area contributed by atoms with Gasteiger partial charge in [-0.05, 0) is 38.3 Å². The fourth-order valence-corrected chi connectivity index (χ4v) is 3.97. The third-order valence-electron chi connectivity index (χ3n) is 5.60. The van der Waals surface area contributed by atoms with Crippen LogP contribution in [0.4, 0.5) is 17.6 Å². The maximum Gasteiger partial charge on any atom is 0.308 e. The molecule has 0 aromatic carbocycles. The molecule has 3 aromatic heterocycles. The van der Waals surface area contributed by atoms with E-state index in [1.807, 2.05) is 41.6 Å². The van der Waals surface area contributed by atoms with E-state index >= 15 is 0 Å². The number of carbonyl (C=O) groups is 1. The van der Waals surface area contributed by atoms with Gasteiger partial charge >= 0.3 is 5.97 Å². The smallest absolute Gasteiger partial charge is 0.308 e. The third-order valence-corrected chi connectivity index (χ3v) is 5.60. The normalized spacial score (nSPS) is 16.4. The number of fused-ring (bicyclic) bond motifs is 1. The molecule has 0 aliphatic carbocycles. The number of piperidine rings is 1. The summed E-state index contributed by atoms with van der Waals surface area (Å²) in [5.74, 6) is 0.581. The lowest BCUT2D eigenvalue weighted by Gasteiger charge is -2.31. The minimum absolute atomic E-state index is 0.393. The lowest BCUT2D eigenvalue weighted by Crippen LogP contribution is -2.39. The van der Waals surface area contributed by atoms with Gasteiger partial charge < -0.3 is 20.1 Å². The highest BCUT2D eigenvalue weighted by molar-refractivity contribution is 5.90. The highest BCUT2D eigenvalue weighted by Crippen LogP contribution is 2.30. The summed E-state index contributed by atoms with van der Waals surface area (Å²) < 4.78 is 7.43. The summed E-state index contributed by atoms with van der Waals surface area (Å²) in [6.07, 6.45) is 3.89. The van der Waals surface area contributed by atoms with Crippen molar-refractivity contribution in [2.45, 2.75) is 39.7 Å². The van der Waals surface area contributed by atoms with Crippen molar-refractivity contribution >= 4 is 34.6 Å². The van der Waals surface area contributed by atoms with Crippen LogP contribution in [0.15, 0.2) is 24.4 Å². The number of anilines is 3. The standard InChI is InChI=1S/C22H29N7O3/c1-3-16-18-19(29(27-16)12-13-32-4-2)20(24-17-9-5-6-10-23-17)26-22(25-18)28-11-7-8-15(14-28)21(30)31/h5-6,9-10,15H,3-4,7-8,11-14H2,1-2H3,(H,30,31)(H,23,24,25,26)/t15-/m1/s1. The summed E-state index contributed by atoms with van der Waals surface area (Å²) in [4.78, 5) is 27.6.